The fraction of sp³-hybridized carbons (Fsp3) is 0. The maximum absolute atomic E-state index is 10.8. The van der Waals surface area contributed by atoms with Crippen LogP contribution < -0.4 is 41.0 Å². The Labute approximate surface area is 121 Å². The number of hydrogen-bond donors (Lipinski definition) is 4. The van der Waals surface area contributed by atoms with Crippen LogP contribution >= 0.6 is 0 Å². The molecule has 0 fully saturated rings. The van der Waals surface area contributed by atoms with E-state index < -0.39 is 41.4 Å². The maximum Gasteiger partial charge on any atom is 1.00 e. The molecule has 0 aliphatic rings. The number of nitrogens with two attached hydrogens (primary N) is 2. The van der Waals surface area contributed by atoms with Gasteiger partial charge in [-0.3, -0.25) is 9.11 Å². The minimum Gasteiger partial charge on any atom is -1.00 e. The third-order valence-corrected chi connectivity index (χ3v) is 3.52. The predicted octanol–water partition coefficient (Wildman–Crippen LogP) is -3.54. The van der Waals surface area contributed by atoms with E-state index in [1.165, 1.54) is 0 Å². The molecule has 92 valence electrons. The molecule has 1 rings (SSSR count). The molecule has 1 aromatic carbocycles. The molecule has 0 atom stereocenters. The van der Waals surface area contributed by atoms with Gasteiger partial charge in [0.05, 0.1) is 11.4 Å². The maximum atomic E-state index is 10.8. The van der Waals surface area contributed by atoms with Crippen molar-refractivity contribution in [3.8, 4) is 0 Å². The van der Waals surface area contributed by atoms with E-state index in [4.69, 9.17) is 20.6 Å². The van der Waals surface area contributed by atoms with Crippen LogP contribution in [0.25, 0.3) is 0 Å². The number of benzene rings is 1. The van der Waals surface area contributed by atoms with E-state index in [1.807, 2.05) is 0 Å². The quantitative estimate of drug-likeness (QED) is 0.247. The minimum atomic E-state index is -4.60. The van der Waals surface area contributed by atoms with Gasteiger partial charge in [0.2, 0.25) is 0 Å². The van der Waals surface area contributed by atoms with Crippen molar-refractivity contribution >= 4 is 31.6 Å². The fourth-order valence-corrected chi connectivity index (χ4v) is 2.30. The smallest absolute Gasteiger partial charge is 1.00 e. The van der Waals surface area contributed by atoms with Gasteiger partial charge in [0.25, 0.3) is 20.2 Å². The molecule has 0 saturated heterocycles. The Morgan fingerprint density at radius 3 is 1.29 bits per heavy atom. The van der Waals surface area contributed by atoms with Crippen LogP contribution in [0.4, 0.5) is 11.4 Å². The summed E-state index contributed by atoms with van der Waals surface area (Å²) in [5.74, 6) is 0. The van der Waals surface area contributed by atoms with Gasteiger partial charge in [-0.25, -0.2) is 0 Å². The summed E-state index contributed by atoms with van der Waals surface area (Å²) in [6, 6.07) is 1.29. The summed E-state index contributed by atoms with van der Waals surface area (Å²) >= 11 is 0. The van der Waals surface area contributed by atoms with Crippen molar-refractivity contribution < 1.29 is 56.9 Å². The van der Waals surface area contributed by atoms with Gasteiger partial charge >= 0.3 is 29.6 Å². The van der Waals surface area contributed by atoms with Gasteiger partial charge in [0.15, 0.2) is 0 Å². The van der Waals surface area contributed by atoms with Gasteiger partial charge in [0, 0.05) is 0 Å². The minimum absolute atomic E-state index is 0. The average molecular weight is 292 g/mol. The Hall–Kier alpha value is -0.360. The number of nitrogen functional groups attached to an aromatic ring is 2. The van der Waals surface area contributed by atoms with Gasteiger partial charge in [-0.15, -0.1) is 0 Å². The topological polar surface area (TPSA) is 161 Å². The van der Waals surface area contributed by atoms with E-state index in [0.29, 0.717) is 12.1 Å². The third kappa shape index (κ3) is 3.81. The van der Waals surface area contributed by atoms with E-state index in [0.717, 1.165) is 0 Å². The van der Waals surface area contributed by atoms with E-state index in [1.54, 1.807) is 0 Å². The molecular weight excluding hydrogens is 283 g/mol. The average Bonchev–Trinajstić information content (AvgIpc) is 2.04. The zero-order valence-corrected chi connectivity index (χ0v) is 12.3. The number of rotatable bonds is 2. The van der Waals surface area contributed by atoms with Crippen molar-refractivity contribution in [2.75, 3.05) is 11.5 Å². The predicted molar refractivity (Wildman–Crippen MR) is 56.0 cm³/mol. The van der Waals surface area contributed by atoms with E-state index in [-0.39, 0.29) is 31.0 Å². The van der Waals surface area contributed by atoms with Gasteiger partial charge in [-0.2, -0.15) is 16.8 Å². The molecule has 17 heavy (non-hydrogen) atoms. The molecule has 6 N–H and O–H groups in total. The van der Waals surface area contributed by atoms with Crippen LogP contribution in [-0.2, 0) is 20.2 Å². The molecule has 1 aromatic rings. The summed E-state index contributed by atoms with van der Waals surface area (Å²) in [7, 11) is -9.20. The molecule has 0 bridgehead atoms. The normalized spacial score (nSPS) is 11.9. The molecule has 0 radical (unpaired) electrons. The molecule has 0 saturated carbocycles. The van der Waals surface area contributed by atoms with Crippen molar-refractivity contribution in [3.63, 3.8) is 0 Å². The molecular formula is C6H9N2NaO6S2. The first kappa shape index (κ1) is 16.6. The van der Waals surface area contributed by atoms with Gasteiger partial charge < -0.3 is 12.9 Å². The molecule has 0 aliphatic carbocycles. The molecule has 0 spiro atoms. The fourth-order valence-electron chi connectivity index (χ4n) is 1.04. The first-order valence-electron chi connectivity index (χ1n) is 3.67. The Morgan fingerprint density at radius 1 is 0.882 bits per heavy atom. The standard InChI is InChI=1S/C6H8N2O6S2.Na.H/c7-3-1-5(15(9,10)11)4(8)2-6(3)16(12,13)14;;/h1-2H,7-8H2,(H,9,10,11)(H,12,13,14);;/q;+1;-1. The Bertz CT molecular complexity index is 587. The molecule has 8 nitrogen and oxygen atoms in total. The van der Waals surface area contributed by atoms with Crippen LogP contribution in [0, 0.1) is 0 Å². The Kier molecular flexibility index (Phi) is 4.99. The first-order chi connectivity index (χ1) is 7.03. The molecule has 0 aliphatic heterocycles. The zero-order chi connectivity index (χ0) is 12.7. The number of anilines is 2. The van der Waals surface area contributed by atoms with Crippen LogP contribution in [0.15, 0.2) is 21.9 Å². The van der Waals surface area contributed by atoms with E-state index in [9.17, 15) is 16.8 Å². The van der Waals surface area contributed by atoms with Crippen LogP contribution in [0.2, 0.25) is 0 Å². The summed E-state index contributed by atoms with van der Waals surface area (Å²) < 4.78 is 60.5. The SMILES string of the molecule is Nc1cc(S(=O)(=O)O)c(N)cc1S(=O)(=O)O.[H-].[Na+]. The van der Waals surface area contributed by atoms with E-state index in [2.05, 4.69) is 0 Å². The first-order valence-corrected chi connectivity index (χ1v) is 6.55. The Balaban J connectivity index is 0. The van der Waals surface area contributed by atoms with Crippen LogP contribution in [0.5, 0.6) is 0 Å². The van der Waals surface area contributed by atoms with Crippen LogP contribution in [0.1, 0.15) is 1.43 Å². The van der Waals surface area contributed by atoms with Crippen molar-refractivity contribution in [1.29, 1.82) is 0 Å². The second-order valence-corrected chi connectivity index (χ2v) is 5.66. The second-order valence-electron chi connectivity index (χ2n) is 2.88. The van der Waals surface area contributed by atoms with Gasteiger partial charge in [-0.1, -0.05) is 0 Å². The summed E-state index contributed by atoms with van der Waals surface area (Å²) in [4.78, 5) is -1.45. The molecule has 0 aromatic heterocycles. The summed E-state index contributed by atoms with van der Waals surface area (Å²) in [6.07, 6.45) is 0. The summed E-state index contributed by atoms with van der Waals surface area (Å²) in [6.45, 7) is 0. The van der Waals surface area contributed by atoms with E-state index >= 15 is 0 Å². The van der Waals surface area contributed by atoms with Crippen molar-refractivity contribution in [1.82, 2.24) is 0 Å². The number of hydrogen-bond acceptors (Lipinski definition) is 6. The molecule has 0 heterocycles. The molecule has 0 unspecified atom stereocenters. The summed E-state index contributed by atoms with van der Waals surface area (Å²) in [5, 5.41) is 0. The van der Waals surface area contributed by atoms with Crippen molar-refractivity contribution in [3.05, 3.63) is 12.1 Å². The zero-order valence-electron chi connectivity index (χ0n) is 9.65. The summed E-state index contributed by atoms with van der Waals surface area (Å²) in [5.41, 5.74) is 9.33. The largest absolute Gasteiger partial charge is 1.00 e. The second kappa shape index (κ2) is 5.10. The molecule has 0 amide bonds. The van der Waals surface area contributed by atoms with Gasteiger partial charge in [0.1, 0.15) is 9.79 Å². The monoisotopic (exact) mass is 292 g/mol. The van der Waals surface area contributed by atoms with Crippen LogP contribution in [0.3, 0.4) is 0 Å². The molecule has 11 heteroatoms. The van der Waals surface area contributed by atoms with Crippen molar-refractivity contribution in [2.24, 2.45) is 0 Å². The Morgan fingerprint density at radius 2 is 1.12 bits per heavy atom. The van der Waals surface area contributed by atoms with Gasteiger partial charge in [-0.05, 0) is 12.1 Å². The van der Waals surface area contributed by atoms with Crippen LogP contribution in [-0.4, -0.2) is 25.9 Å². The third-order valence-electron chi connectivity index (χ3n) is 1.70. The van der Waals surface area contributed by atoms with Crippen molar-refractivity contribution in [2.45, 2.75) is 9.79 Å².